The minimum atomic E-state index is 0.738. The van der Waals surface area contributed by atoms with Crippen LogP contribution in [0.2, 0.25) is 0 Å². The maximum Gasteiger partial charge on any atom is 0.0900 e. The molecule has 1 aromatic heterocycles. The van der Waals surface area contributed by atoms with Crippen molar-refractivity contribution < 1.29 is 0 Å². The van der Waals surface area contributed by atoms with Gasteiger partial charge in [0.15, 0.2) is 0 Å². The molecule has 1 N–H and O–H groups in total. The van der Waals surface area contributed by atoms with Gasteiger partial charge in [0.1, 0.15) is 0 Å². The molecule has 2 rings (SSSR count). The lowest BCUT2D eigenvalue weighted by Crippen LogP contribution is -2.39. The zero-order chi connectivity index (χ0) is 13.1. The van der Waals surface area contributed by atoms with Crippen LogP contribution in [0.15, 0.2) is 0 Å². The number of aromatic nitrogens is 1. The highest BCUT2D eigenvalue weighted by Gasteiger charge is 2.23. The largest absolute Gasteiger partial charge is 0.317 e. The van der Waals surface area contributed by atoms with E-state index in [1.54, 1.807) is 0 Å². The molecule has 1 saturated carbocycles. The number of rotatable bonds is 4. The van der Waals surface area contributed by atoms with Crippen molar-refractivity contribution in [3.8, 4) is 0 Å². The van der Waals surface area contributed by atoms with E-state index in [0.717, 1.165) is 18.6 Å². The fraction of sp³-hybridized carbons (Fsp3) is 0.786. The highest BCUT2D eigenvalue weighted by atomic mass is 32.1. The molecule has 0 saturated heterocycles. The van der Waals surface area contributed by atoms with E-state index in [-0.39, 0.29) is 0 Å². The van der Waals surface area contributed by atoms with Gasteiger partial charge in [0.05, 0.1) is 10.7 Å². The highest BCUT2D eigenvalue weighted by Crippen LogP contribution is 2.25. The van der Waals surface area contributed by atoms with E-state index in [1.807, 2.05) is 11.3 Å². The van der Waals surface area contributed by atoms with Crippen molar-refractivity contribution in [3.05, 3.63) is 15.6 Å². The average molecular weight is 267 g/mol. The van der Waals surface area contributed by atoms with E-state index >= 15 is 0 Å². The fourth-order valence-electron chi connectivity index (χ4n) is 2.88. The van der Waals surface area contributed by atoms with Gasteiger partial charge in [-0.25, -0.2) is 4.98 Å². The van der Waals surface area contributed by atoms with Crippen molar-refractivity contribution in [2.24, 2.45) is 0 Å². The fourth-order valence-corrected chi connectivity index (χ4v) is 3.88. The van der Waals surface area contributed by atoms with Gasteiger partial charge in [-0.3, -0.25) is 4.90 Å². The van der Waals surface area contributed by atoms with Gasteiger partial charge < -0.3 is 5.32 Å². The van der Waals surface area contributed by atoms with Gasteiger partial charge in [-0.15, -0.1) is 11.3 Å². The maximum atomic E-state index is 4.52. The summed E-state index contributed by atoms with van der Waals surface area (Å²) in [5.74, 6) is 0. The molecule has 1 aliphatic carbocycles. The molecule has 0 aromatic carbocycles. The number of nitrogens with zero attached hydrogens (tertiary/aromatic N) is 2. The molecule has 1 heterocycles. The van der Waals surface area contributed by atoms with Crippen LogP contribution >= 0.6 is 11.3 Å². The lowest BCUT2D eigenvalue weighted by Gasteiger charge is -2.34. The first-order valence-electron chi connectivity index (χ1n) is 6.90. The Morgan fingerprint density at radius 1 is 1.28 bits per heavy atom. The van der Waals surface area contributed by atoms with E-state index in [9.17, 15) is 0 Å². The summed E-state index contributed by atoms with van der Waals surface area (Å²) >= 11 is 1.85. The summed E-state index contributed by atoms with van der Waals surface area (Å²) in [4.78, 5) is 8.47. The molecule has 18 heavy (non-hydrogen) atoms. The van der Waals surface area contributed by atoms with Gasteiger partial charge in [-0.1, -0.05) is 0 Å². The predicted octanol–water partition coefficient (Wildman–Crippen LogP) is 2.72. The molecule has 1 fully saturated rings. The SMILES string of the molecule is CNC1CCC(N(C)Cc2sc(C)nc2C)CC1. The van der Waals surface area contributed by atoms with Gasteiger partial charge in [0.2, 0.25) is 0 Å². The Hall–Kier alpha value is -0.450. The van der Waals surface area contributed by atoms with Crippen molar-refractivity contribution in [2.45, 2.75) is 58.2 Å². The molecule has 1 aromatic rings. The monoisotopic (exact) mass is 267 g/mol. The number of thiazole rings is 1. The Bertz CT molecular complexity index is 380. The van der Waals surface area contributed by atoms with E-state index in [4.69, 9.17) is 0 Å². The first-order valence-corrected chi connectivity index (χ1v) is 7.72. The van der Waals surface area contributed by atoms with Crippen molar-refractivity contribution in [3.63, 3.8) is 0 Å². The molecule has 0 bridgehead atoms. The Labute approximate surface area is 115 Å². The summed E-state index contributed by atoms with van der Waals surface area (Å²) in [6, 6.07) is 1.48. The smallest absolute Gasteiger partial charge is 0.0900 e. The zero-order valence-corrected chi connectivity index (χ0v) is 12.8. The summed E-state index contributed by atoms with van der Waals surface area (Å²) in [7, 11) is 4.34. The highest BCUT2D eigenvalue weighted by molar-refractivity contribution is 7.11. The first-order chi connectivity index (χ1) is 8.60. The minimum Gasteiger partial charge on any atom is -0.317 e. The molecule has 0 unspecified atom stereocenters. The van der Waals surface area contributed by atoms with E-state index < -0.39 is 0 Å². The van der Waals surface area contributed by atoms with Gasteiger partial charge in [0.25, 0.3) is 0 Å². The molecule has 102 valence electrons. The van der Waals surface area contributed by atoms with Crippen LogP contribution in [0.25, 0.3) is 0 Å². The first kappa shape index (κ1) is 14.0. The van der Waals surface area contributed by atoms with Crippen molar-refractivity contribution in [1.29, 1.82) is 0 Å². The normalized spacial score (nSPS) is 24.7. The van der Waals surface area contributed by atoms with Gasteiger partial charge in [0, 0.05) is 23.5 Å². The number of nitrogens with one attached hydrogen (secondary N) is 1. The maximum absolute atomic E-state index is 4.52. The van der Waals surface area contributed by atoms with Crippen LogP contribution in [0.3, 0.4) is 0 Å². The van der Waals surface area contributed by atoms with Crippen LogP contribution in [0, 0.1) is 13.8 Å². The third-order valence-corrected chi connectivity index (χ3v) is 5.18. The second kappa shape index (κ2) is 6.13. The van der Waals surface area contributed by atoms with Crippen LogP contribution in [-0.4, -0.2) is 36.1 Å². The third kappa shape index (κ3) is 3.31. The van der Waals surface area contributed by atoms with E-state index in [1.165, 1.54) is 41.3 Å². The molecule has 0 spiro atoms. The third-order valence-electron chi connectivity index (χ3n) is 4.12. The standard InChI is InChI=1S/C14H25N3S/c1-10-14(18-11(2)16-10)9-17(4)13-7-5-12(15-3)6-8-13/h12-13,15H,5-9H2,1-4H3. The number of hydrogen-bond acceptors (Lipinski definition) is 4. The minimum absolute atomic E-state index is 0.738. The summed E-state index contributed by atoms with van der Waals surface area (Å²) in [5, 5.41) is 4.59. The summed E-state index contributed by atoms with van der Waals surface area (Å²) in [6.07, 6.45) is 5.26. The van der Waals surface area contributed by atoms with Crippen LogP contribution < -0.4 is 5.32 Å². The van der Waals surface area contributed by atoms with Gasteiger partial charge in [-0.05, 0) is 53.6 Å². The van der Waals surface area contributed by atoms with Crippen molar-refractivity contribution in [2.75, 3.05) is 14.1 Å². The Morgan fingerprint density at radius 3 is 2.44 bits per heavy atom. The second-order valence-corrected chi connectivity index (χ2v) is 6.74. The molecule has 4 heteroatoms. The Balaban J connectivity index is 1.89. The molecule has 0 atom stereocenters. The molecule has 0 amide bonds. The summed E-state index contributed by atoms with van der Waals surface area (Å²) in [6.45, 7) is 5.29. The molecular weight excluding hydrogens is 242 g/mol. The molecule has 1 aliphatic rings. The number of aryl methyl sites for hydroxylation is 2. The predicted molar refractivity (Wildman–Crippen MR) is 78.2 cm³/mol. The number of hydrogen-bond donors (Lipinski definition) is 1. The van der Waals surface area contributed by atoms with Crippen molar-refractivity contribution >= 4 is 11.3 Å². The molecule has 3 nitrogen and oxygen atoms in total. The topological polar surface area (TPSA) is 28.2 Å². The zero-order valence-electron chi connectivity index (χ0n) is 12.0. The Kier molecular flexibility index (Phi) is 4.76. The molecule has 0 radical (unpaired) electrons. The van der Waals surface area contributed by atoms with Gasteiger partial charge in [-0.2, -0.15) is 0 Å². The second-order valence-electron chi connectivity index (χ2n) is 5.45. The van der Waals surface area contributed by atoms with Crippen LogP contribution in [0.1, 0.15) is 41.3 Å². The van der Waals surface area contributed by atoms with Crippen LogP contribution in [0.4, 0.5) is 0 Å². The van der Waals surface area contributed by atoms with Gasteiger partial charge >= 0.3 is 0 Å². The van der Waals surface area contributed by atoms with Crippen LogP contribution in [-0.2, 0) is 6.54 Å². The lowest BCUT2D eigenvalue weighted by molar-refractivity contribution is 0.171. The van der Waals surface area contributed by atoms with E-state index in [0.29, 0.717) is 0 Å². The molecular formula is C14H25N3S. The van der Waals surface area contributed by atoms with Crippen molar-refractivity contribution in [1.82, 2.24) is 15.2 Å². The van der Waals surface area contributed by atoms with E-state index in [2.05, 4.69) is 43.1 Å². The summed E-state index contributed by atoms with van der Waals surface area (Å²) in [5.41, 5.74) is 1.22. The quantitative estimate of drug-likeness (QED) is 0.909. The molecule has 0 aliphatic heterocycles. The lowest BCUT2D eigenvalue weighted by atomic mass is 9.90. The van der Waals surface area contributed by atoms with Crippen LogP contribution in [0.5, 0.6) is 0 Å². The Morgan fingerprint density at radius 2 is 1.94 bits per heavy atom. The summed E-state index contributed by atoms with van der Waals surface area (Å²) < 4.78 is 0. The average Bonchev–Trinajstić information content (AvgIpc) is 2.68.